The summed E-state index contributed by atoms with van der Waals surface area (Å²) in [6.07, 6.45) is 1.72. The summed E-state index contributed by atoms with van der Waals surface area (Å²) in [4.78, 5) is 2.62. The van der Waals surface area contributed by atoms with E-state index in [1.165, 1.54) is 5.56 Å². The Labute approximate surface area is 119 Å². The molecule has 0 aliphatic carbocycles. The topological polar surface area (TPSA) is 42.4 Å². The maximum absolute atomic E-state index is 5.68. The van der Waals surface area contributed by atoms with Crippen LogP contribution in [0.5, 0.6) is 0 Å². The van der Waals surface area contributed by atoms with Gasteiger partial charge in [-0.25, -0.2) is 0 Å². The minimum absolute atomic E-state index is 0.442. The van der Waals surface area contributed by atoms with Gasteiger partial charge in [0.05, 0.1) is 6.26 Å². The Morgan fingerprint density at radius 3 is 2.58 bits per heavy atom. The molecular formula is C15H18N2OS. The van der Waals surface area contributed by atoms with Crippen LogP contribution in [-0.4, -0.2) is 12.0 Å². The van der Waals surface area contributed by atoms with E-state index in [9.17, 15) is 0 Å². The average molecular weight is 274 g/mol. The Balaban J connectivity index is 2.20. The maximum Gasteiger partial charge on any atom is 0.105 e. The summed E-state index contributed by atoms with van der Waals surface area (Å²) in [5.41, 5.74) is 10.0. The SMILES string of the molecule is Cc1cc(N(C)Cc2ccoc2C)ccc1C(N)=S. The number of benzene rings is 1. The van der Waals surface area contributed by atoms with E-state index in [1.807, 2.05) is 32.0 Å². The molecule has 1 aromatic carbocycles. The first kappa shape index (κ1) is 13.6. The van der Waals surface area contributed by atoms with E-state index in [4.69, 9.17) is 22.4 Å². The second-order valence-electron chi connectivity index (χ2n) is 4.72. The van der Waals surface area contributed by atoms with Crippen molar-refractivity contribution in [2.24, 2.45) is 5.73 Å². The van der Waals surface area contributed by atoms with Gasteiger partial charge in [0.15, 0.2) is 0 Å². The quantitative estimate of drug-likeness (QED) is 0.870. The number of nitrogens with zero attached hydrogens (tertiary/aromatic N) is 1. The van der Waals surface area contributed by atoms with E-state index in [-0.39, 0.29) is 0 Å². The monoisotopic (exact) mass is 274 g/mol. The first-order valence-electron chi connectivity index (χ1n) is 6.13. The maximum atomic E-state index is 5.68. The number of thiocarbonyl (C=S) groups is 1. The molecule has 2 rings (SSSR count). The molecule has 0 aliphatic rings. The molecule has 0 spiro atoms. The zero-order valence-electron chi connectivity index (χ0n) is 11.4. The van der Waals surface area contributed by atoms with Crippen LogP contribution in [0.25, 0.3) is 0 Å². The highest BCUT2D eigenvalue weighted by Gasteiger charge is 2.08. The van der Waals surface area contributed by atoms with E-state index < -0.39 is 0 Å². The van der Waals surface area contributed by atoms with Gasteiger partial charge in [-0.2, -0.15) is 0 Å². The number of anilines is 1. The van der Waals surface area contributed by atoms with E-state index in [1.54, 1.807) is 6.26 Å². The zero-order valence-corrected chi connectivity index (χ0v) is 12.3. The second-order valence-corrected chi connectivity index (χ2v) is 5.16. The van der Waals surface area contributed by atoms with Crippen molar-refractivity contribution in [1.82, 2.24) is 0 Å². The molecule has 0 unspecified atom stereocenters. The number of hydrogen-bond donors (Lipinski definition) is 1. The normalized spacial score (nSPS) is 10.5. The summed E-state index contributed by atoms with van der Waals surface area (Å²) in [7, 11) is 2.06. The molecule has 0 radical (unpaired) electrons. The lowest BCUT2D eigenvalue weighted by Crippen LogP contribution is -2.17. The largest absolute Gasteiger partial charge is 0.469 e. The van der Waals surface area contributed by atoms with Crippen LogP contribution in [-0.2, 0) is 6.54 Å². The Kier molecular flexibility index (Phi) is 3.90. The molecule has 1 heterocycles. The third-order valence-electron chi connectivity index (χ3n) is 3.29. The third kappa shape index (κ3) is 2.96. The predicted octanol–water partition coefficient (Wildman–Crippen LogP) is 3.17. The number of nitrogens with two attached hydrogens (primary N) is 1. The van der Waals surface area contributed by atoms with Crippen molar-refractivity contribution in [1.29, 1.82) is 0 Å². The van der Waals surface area contributed by atoms with Crippen molar-refractivity contribution in [2.75, 3.05) is 11.9 Å². The van der Waals surface area contributed by atoms with Gasteiger partial charge >= 0.3 is 0 Å². The smallest absolute Gasteiger partial charge is 0.105 e. The number of aryl methyl sites for hydroxylation is 2. The van der Waals surface area contributed by atoms with Gasteiger partial charge in [-0.1, -0.05) is 12.2 Å². The molecule has 0 amide bonds. The van der Waals surface area contributed by atoms with Gasteiger partial charge in [0, 0.05) is 30.4 Å². The molecule has 100 valence electrons. The van der Waals surface area contributed by atoms with Gasteiger partial charge in [0.1, 0.15) is 10.7 Å². The predicted molar refractivity (Wildman–Crippen MR) is 82.6 cm³/mol. The molecule has 0 atom stereocenters. The molecule has 0 saturated heterocycles. The summed E-state index contributed by atoms with van der Waals surface area (Å²) < 4.78 is 5.32. The minimum atomic E-state index is 0.442. The highest BCUT2D eigenvalue weighted by Crippen LogP contribution is 2.21. The molecule has 0 aliphatic heterocycles. The van der Waals surface area contributed by atoms with Crippen LogP contribution in [0, 0.1) is 13.8 Å². The molecule has 3 nitrogen and oxygen atoms in total. The van der Waals surface area contributed by atoms with Gasteiger partial charge in [-0.3, -0.25) is 0 Å². The van der Waals surface area contributed by atoms with Crippen molar-refractivity contribution < 1.29 is 4.42 Å². The van der Waals surface area contributed by atoms with Crippen LogP contribution in [0.4, 0.5) is 5.69 Å². The van der Waals surface area contributed by atoms with E-state index in [0.29, 0.717) is 4.99 Å². The summed E-state index contributed by atoms with van der Waals surface area (Å²) in [5.74, 6) is 0.961. The Bertz CT molecular complexity index is 604. The van der Waals surface area contributed by atoms with Crippen molar-refractivity contribution in [2.45, 2.75) is 20.4 Å². The molecular weight excluding hydrogens is 256 g/mol. The number of furan rings is 1. The molecule has 2 N–H and O–H groups in total. The minimum Gasteiger partial charge on any atom is -0.469 e. The first-order valence-corrected chi connectivity index (χ1v) is 6.54. The highest BCUT2D eigenvalue weighted by molar-refractivity contribution is 7.80. The summed E-state index contributed by atoms with van der Waals surface area (Å²) in [6.45, 7) is 4.81. The van der Waals surface area contributed by atoms with Gasteiger partial charge < -0.3 is 15.1 Å². The Morgan fingerprint density at radius 1 is 1.32 bits per heavy atom. The fraction of sp³-hybridized carbons (Fsp3) is 0.267. The standard InChI is InChI=1S/C15H18N2OS/c1-10-8-13(4-5-14(10)15(16)19)17(3)9-12-6-7-18-11(12)2/h4-8H,9H2,1-3H3,(H2,16,19). The molecule has 0 fully saturated rings. The van der Waals surface area contributed by atoms with Gasteiger partial charge in [-0.15, -0.1) is 0 Å². The average Bonchev–Trinajstić information content (AvgIpc) is 2.74. The molecule has 1 aromatic heterocycles. The van der Waals surface area contributed by atoms with Crippen LogP contribution in [0.3, 0.4) is 0 Å². The zero-order chi connectivity index (χ0) is 14.0. The Morgan fingerprint density at radius 2 is 2.05 bits per heavy atom. The van der Waals surface area contributed by atoms with Crippen molar-refractivity contribution in [3.05, 3.63) is 53.0 Å². The third-order valence-corrected chi connectivity index (χ3v) is 3.51. The molecule has 2 aromatic rings. The lowest BCUT2D eigenvalue weighted by molar-refractivity contribution is 0.529. The van der Waals surface area contributed by atoms with E-state index in [0.717, 1.165) is 29.1 Å². The lowest BCUT2D eigenvalue weighted by atomic mass is 10.1. The van der Waals surface area contributed by atoms with Gasteiger partial charge in [0.2, 0.25) is 0 Å². The molecule has 19 heavy (non-hydrogen) atoms. The van der Waals surface area contributed by atoms with E-state index >= 15 is 0 Å². The van der Waals surface area contributed by atoms with E-state index in [2.05, 4.69) is 18.0 Å². The van der Waals surface area contributed by atoms with Crippen LogP contribution < -0.4 is 10.6 Å². The first-order chi connectivity index (χ1) is 8.99. The summed E-state index contributed by atoms with van der Waals surface area (Å²) in [6, 6.07) is 8.12. The number of rotatable bonds is 4. The summed E-state index contributed by atoms with van der Waals surface area (Å²) >= 11 is 5.02. The fourth-order valence-electron chi connectivity index (χ4n) is 2.08. The van der Waals surface area contributed by atoms with Crippen LogP contribution in [0.1, 0.15) is 22.5 Å². The fourth-order valence-corrected chi connectivity index (χ4v) is 2.31. The van der Waals surface area contributed by atoms with Crippen molar-refractivity contribution in [3.8, 4) is 0 Å². The van der Waals surface area contributed by atoms with Gasteiger partial charge in [-0.05, 0) is 43.7 Å². The number of hydrogen-bond acceptors (Lipinski definition) is 3. The van der Waals surface area contributed by atoms with Crippen molar-refractivity contribution in [3.63, 3.8) is 0 Å². The lowest BCUT2D eigenvalue weighted by Gasteiger charge is -2.20. The second kappa shape index (κ2) is 5.45. The Hall–Kier alpha value is -1.81. The molecule has 0 bridgehead atoms. The van der Waals surface area contributed by atoms with Crippen LogP contribution in [0.2, 0.25) is 0 Å². The van der Waals surface area contributed by atoms with Crippen LogP contribution in [0.15, 0.2) is 34.9 Å². The highest BCUT2D eigenvalue weighted by atomic mass is 32.1. The molecule has 0 saturated carbocycles. The molecule has 4 heteroatoms. The van der Waals surface area contributed by atoms with Crippen molar-refractivity contribution >= 4 is 22.9 Å². The van der Waals surface area contributed by atoms with Crippen LogP contribution >= 0.6 is 12.2 Å². The summed E-state index contributed by atoms with van der Waals surface area (Å²) in [5, 5.41) is 0. The van der Waals surface area contributed by atoms with Gasteiger partial charge in [0.25, 0.3) is 0 Å².